The Balaban J connectivity index is 1.72. The minimum atomic E-state index is -3.79. The van der Waals surface area contributed by atoms with Crippen LogP contribution in [0, 0.1) is 0 Å². The molecule has 2 aromatic carbocycles. The molecule has 1 heterocycles. The molecule has 1 saturated heterocycles. The molecule has 1 aliphatic rings. The van der Waals surface area contributed by atoms with E-state index in [4.69, 9.17) is 23.2 Å². The van der Waals surface area contributed by atoms with Crippen LogP contribution in [0.25, 0.3) is 0 Å². The predicted molar refractivity (Wildman–Crippen MR) is 107 cm³/mol. The summed E-state index contributed by atoms with van der Waals surface area (Å²) in [6, 6.07) is 9.37. The number of hydrogen-bond donors (Lipinski definition) is 0. The van der Waals surface area contributed by atoms with Crippen molar-refractivity contribution in [1.82, 2.24) is 9.21 Å². The van der Waals surface area contributed by atoms with E-state index in [-0.39, 0.29) is 52.2 Å². The number of nitrogens with zero attached hydrogens (tertiary/aromatic N) is 2. The van der Waals surface area contributed by atoms with Crippen LogP contribution in [0.4, 0.5) is 8.78 Å². The number of amides is 1. The monoisotopic (exact) mass is 462 g/mol. The van der Waals surface area contributed by atoms with Crippen molar-refractivity contribution in [1.29, 1.82) is 0 Å². The lowest BCUT2D eigenvalue weighted by molar-refractivity contribution is 0.0174. The van der Waals surface area contributed by atoms with E-state index < -0.39 is 21.9 Å². The summed E-state index contributed by atoms with van der Waals surface area (Å²) in [4.78, 5) is 14.1. The molecular weight excluding hydrogens is 445 g/mol. The van der Waals surface area contributed by atoms with Crippen molar-refractivity contribution in [2.75, 3.05) is 26.2 Å². The summed E-state index contributed by atoms with van der Waals surface area (Å²) in [7, 11) is -3.79. The van der Waals surface area contributed by atoms with E-state index in [2.05, 4.69) is 0 Å². The number of benzene rings is 2. The molecule has 29 heavy (non-hydrogen) atoms. The maximum absolute atomic E-state index is 13.5. The van der Waals surface area contributed by atoms with E-state index in [1.54, 1.807) is 0 Å². The normalized spacial score (nSPS) is 16.1. The number of halogens is 4. The van der Waals surface area contributed by atoms with Gasteiger partial charge in [0.2, 0.25) is 10.0 Å². The Bertz CT molecular complexity index is 1030. The minimum Gasteiger partial charge on any atom is -0.336 e. The molecule has 5 nitrogen and oxygen atoms in total. The summed E-state index contributed by atoms with van der Waals surface area (Å²) in [6.07, 6.45) is 0. The van der Waals surface area contributed by atoms with Gasteiger partial charge in [-0.05, 0) is 30.3 Å². The zero-order chi connectivity index (χ0) is 21.4. The number of sulfonamides is 1. The Morgan fingerprint density at radius 1 is 1.00 bits per heavy atom. The van der Waals surface area contributed by atoms with Gasteiger partial charge < -0.3 is 4.90 Å². The van der Waals surface area contributed by atoms with Crippen LogP contribution in [0.1, 0.15) is 22.8 Å². The van der Waals surface area contributed by atoms with E-state index >= 15 is 0 Å². The highest BCUT2D eigenvalue weighted by Crippen LogP contribution is 2.29. The number of hydrogen-bond acceptors (Lipinski definition) is 3. The first-order valence-electron chi connectivity index (χ1n) is 8.73. The molecule has 10 heteroatoms. The molecule has 0 atom stereocenters. The largest absolute Gasteiger partial charge is 0.336 e. The zero-order valence-corrected chi connectivity index (χ0v) is 17.7. The fraction of sp³-hybridized carbons (Fsp3) is 0.316. The van der Waals surface area contributed by atoms with E-state index in [1.807, 2.05) is 0 Å². The third-order valence-corrected chi connectivity index (χ3v) is 7.30. The molecular formula is C19H18Cl2F2N2O3S. The average Bonchev–Trinajstić information content (AvgIpc) is 2.69. The van der Waals surface area contributed by atoms with Gasteiger partial charge in [0.25, 0.3) is 11.8 Å². The topological polar surface area (TPSA) is 57.7 Å². The Kier molecular flexibility index (Phi) is 6.19. The smallest absolute Gasteiger partial charge is 0.270 e. The molecule has 1 fully saturated rings. The molecule has 3 rings (SSSR count). The quantitative estimate of drug-likeness (QED) is 0.682. The van der Waals surface area contributed by atoms with Gasteiger partial charge in [-0.25, -0.2) is 17.2 Å². The van der Waals surface area contributed by atoms with E-state index in [9.17, 15) is 22.0 Å². The second-order valence-corrected chi connectivity index (χ2v) is 9.49. The summed E-state index contributed by atoms with van der Waals surface area (Å²) in [5.41, 5.74) is -0.103. The maximum atomic E-state index is 13.5. The lowest BCUT2D eigenvalue weighted by atomic mass is 10.1. The first-order valence-corrected chi connectivity index (χ1v) is 10.9. The van der Waals surface area contributed by atoms with Crippen molar-refractivity contribution in [3.05, 3.63) is 63.6 Å². The van der Waals surface area contributed by atoms with E-state index in [0.29, 0.717) is 0 Å². The van der Waals surface area contributed by atoms with Gasteiger partial charge in [-0.15, -0.1) is 0 Å². The van der Waals surface area contributed by atoms with Gasteiger partial charge in [-0.1, -0.05) is 35.3 Å². The molecule has 1 aliphatic heterocycles. The van der Waals surface area contributed by atoms with Crippen LogP contribution >= 0.6 is 23.2 Å². The third-order valence-electron chi connectivity index (χ3n) is 4.67. The fourth-order valence-corrected chi connectivity index (χ4v) is 4.84. The maximum Gasteiger partial charge on any atom is 0.270 e. The van der Waals surface area contributed by atoms with Crippen molar-refractivity contribution in [3.8, 4) is 0 Å². The highest BCUT2D eigenvalue weighted by Gasteiger charge is 2.31. The Hall–Kier alpha value is -1.74. The summed E-state index contributed by atoms with van der Waals surface area (Å²) >= 11 is 11.8. The van der Waals surface area contributed by atoms with Gasteiger partial charge >= 0.3 is 0 Å². The highest BCUT2D eigenvalue weighted by molar-refractivity contribution is 7.89. The fourth-order valence-electron chi connectivity index (χ4n) is 3.03. The molecule has 0 bridgehead atoms. The van der Waals surface area contributed by atoms with Crippen LogP contribution in [0.5, 0.6) is 0 Å². The predicted octanol–water partition coefficient (Wildman–Crippen LogP) is 4.25. The summed E-state index contributed by atoms with van der Waals surface area (Å²) < 4.78 is 53.9. The summed E-state index contributed by atoms with van der Waals surface area (Å²) in [5.74, 6) is -3.47. The van der Waals surface area contributed by atoms with Crippen LogP contribution in [0.3, 0.4) is 0 Å². The standard InChI is InChI=1S/C19H18Cl2F2N2O3S/c1-19(22,23)14-4-2-3-13(11-14)18(26)24-7-9-25(10-8-24)29(27,28)15-5-6-16(20)17(21)12-15/h2-6,11-12H,7-10H2,1H3. The second-order valence-electron chi connectivity index (χ2n) is 6.74. The van der Waals surface area contributed by atoms with Crippen molar-refractivity contribution in [3.63, 3.8) is 0 Å². The third kappa shape index (κ3) is 4.71. The van der Waals surface area contributed by atoms with Crippen LogP contribution < -0.4 is 0 Å². The van der Waals surface area contributed by atoms with E-state index in [0.717, 1.165) is 6.92 Å². The Labute approximate surface area is 177 Å². The second kappa shape index (κ2) is 8.18. The first-order chi connectivity index (χ1) is 13.5. The average molecular weight is 463 g/mol. The van der Waals surface area contributed by atoms with Gasteiger partial charge in [-0.3, -0.25) is 4.79 Å². The van der Waals surface area contributed by atoms with Gasteiger partial charge in [0.05, 0.1) is 14.9 Å². The van der Waals surface area contributed by atoms with Gasteiger partial charge in [0.1, 0.15) is 0 Å². The molecule has 0 saturated carbocycles. The number of rotatable bonds is 4. The molecule has 0 N–H and O–H groups in total. The van der Waals surface area contributed by atoms with E-state index in [1.165, 1.54) is 51.7 Å². The van der Waals surface area contributed by atoms with Crippen molar-refractivity contribution >= 4 is 39.1 Å². The molecule has 0 aromatic heterocycles. The molecule has 156 valence electrons. The zero-order valence-electron chi connectivity index (χ0n) is 15.4. The molecule has 0 spiro atoms. The lowest BCUT2D eigenvalue weighted by Crippen LogP contribution is -2.50. The highest BCUT2D eigenvalue weighted by atomic mass is 35.5. The van der Waals surface area contributed by atoms with Crippen LogP contribution in [-0.2, 0) is 15.9 Å². The SMILES string of the molecule is CC(F)(F)c1cccc(C(=O)N2CCN(S(=O)(=O)c3ccc(Cl)c(Cl)c3)CC2)c1. The Morgan fingerprint density at radius 3 is 2.24 bits per heavy atom. The molecule has 2 aromatic rings. The van der Waals surface area contributed by atoms with Crippen molar-refractivity contribution < 1.29 is 22.0 Å². The number of piperazine rings is 1. The molecule has 0 unspecified atom stereocenters. The van der Waals surface area contributed by atoms with Crippen molar-refractivity contribution in [2.45, 2.75) is 17.7 Å². The molecule has 1 amide bonds. The minimum absolute atomic E-state index is 0.0181. The van der Waals surface area contributed by atoms with Crippen molar-refractivity contribution in [2.24, 2.45) is 0 Å². The number of carbonyl (C=O) groups excluding carboxylic acids is 1. The van der Waals surface area contributed by atoms with Gasteiger partial charge in [0.15, 0.2) is 0 Å². The van der Waals surface area contributed by atoms with Crippen LogP contribution in [0.15, 0.2) is 47.4 Å². The van der Waals surface area contributed by atoms with Crippen LogP contribution in [0.2, 0.25) is 10.0 Å². The number of carbonyl (C=O) groups is 1. The van der Waals surface area contributed by atoms with Gasteiger partial charge in [0, 0.05) is 44.2 Å². The summed E-state index contributed by atoms with van der Waals surface area (Å²) in [6.45, 7) is 1.22. The van der Waals surface area contributed by atoms with Crippen LogP contribution in [-0.4, -0.2) is 49.7 Å². The molecule has 0 radical (unpaired) electrons. The first kappa shape index (κ1) is 22.0. The lowest BCUT2D eigenvalue weighted by Gasteiger charge is -2.34. The Morgan fingerprint density at radius 2 is 1.66 bits per heavy atom. The van der Waals surface area contributed by atoms with Gasteiger partial charge in [-0.2, -0.15) is 4.31 Å². The molecule has 0 aliphatic carbocycles. The number of alkyl halides is 2. The summed E-state index contributed by atoms with van der Waals surface area (Å²) in [5, 5.41) is 0.384.